The van der Waals surface area contributed by atoms with Gasteiger partial charge in [-0.3, -0.25) is 4.99 Å². The van der Waals surface area contributed by atoms with Gasteiger partial charge in [0.25, 0.3) is 0 Å². The van der Waals surface area contributed by atoms with Crippen LogP contribution in [0.25, 0.3) is 0 Å². The summed E-state index contributed by atoms with van der Waals surface area (Å²) in [5.74, 6) is 1.33. The van der Waals surface area contributed by atoms with Gasteiger partial charge in [-0.1, -0.05) is 11.6 Å². The van der Waals surface area contributed by atoms with Crippen LogP contribution in [0.2, 0.25) is 5.02 Å². The van der Waals surface area contributed by atoms with Gasteiger partial charge in [0.2, 0.25) is 0 Å². The Kier molecular flexibility index (Phi) is 5.40. The first kappa shape index (κ1) is 17.9. The summed E-state index contributed by atoms with van der Waals surface area (Å²) < 4.78 is 10.8. The van der Waals surface area contributed by atoms with E-state index in [2.05, 4.69) is 4.90 Å². The van der Waals surface area contributed by atoms with Gasteiger partial charge in [-0.05, 0) is 36.4 Å². The minimum atomic E-state index is -0.0658. The number of hydrogen-bond donors (Lipinski definition) is 0. The van der Waals surface area contributed by atoms with E-state index in [0.717, 1.165) is 29.1 Å². The molecule has 0 fully saturated rings. The maximum absolute atomic E-state index is 6.43. The van der Waals surface area contributed by atoms with E-state index in [4.69, 9.17) is 37.7 Å². The smallest absolute Gasteiger partial charge is 0.161 e. The molecule has 0 bridgehead atoms. The lowest BCUT2D eigenvalue weighted by Gasteiger charge is -2.27. The van der Waals surface area contributed by atoms with E-state index in [1.807, 2.05) is 43.4 Å². The highest BCUT2D eigenvalue weighted by molar-refractivity contribution is 6.31. The van der Waals surface area contributed by atoms with Gasteiger partial charge in [0, 0.05) is 35.4 Å². The molecule has 2 aromatic rings. The van der Waals surface area contributed by atoms with E-state index in [1.54, 1.807) is 14.2 Å². The number of hydrogen-bond acceptors (Lipinski definition) is 4. The van der Waals surface area contributed by atoms with Gasteiger partial charge < -0.3 is 14.4 Å². The van der Waals surface area contributed by atoms with Crippen LogP contribution < -0.4 is 14.4 Å². The molecule has 0 saturated carbocycles. The number of benzene rings is 2. The van der Waals surface area contributed by atoms with Crippen molar-refractivity contribution in [3.63, 3.8) is 0 Å². The van der Waals surface area contributed by atoms with E-state index < -0.39 is 0 Å². The van der Waals surface area contributed by atoms with Crippen molar-refractivity contribution in [3.8, 4) is 11.5 Å². The van der Waals surface area contributed by atoms with Crippen LogP contribution in [0.15, 0.2) is 41.4 Å². The molecule has 0 saturated heterocycles. The number of fused-ring (bicyclic) bond motifs is 1. The van der Waals surface area contributed by atoms with Crippen LogP contribution in [0.3, 0.4) is 0 Å². The monoisotopic (exact) mass is 378 g/mol. The van der Waals surface area contributed by atoms with Crippen molar-refractivity contribution >= 4 is 34.6 Å². The van der Waals surface area contributed by atoms with Gasteiger partial charge in [-0.25, -0.2) is 0 Å². The summed E-state index contributed by atoms with van der Waals surface area (Å²) in [6, 6.07) is 11.6. The molecule has 0 N–H and O–H groups in total. The maximum Gasteiger partial charge on any atom is 0.161 e. The predicted octanol–water partition coefficient (Wildman–Crippen LogP) is 4.25. The number of ether oxygens (including phenoxy) is 2. The summed E-state index contributed by atoms with van der Waals surface area (Å²) in [7, 11) is 5.27. The van der Waals surface area contributed by atoms with Crippen molar-refractivity contribution in [1.82, 2.24) is 0 Å². The quantitative estimate of drug-likeness (QED) is 0.748. The molecule has 0 aliphatic carbocycles. The van der Waals surface area contributed by atoms with Crippen LogP contribution in [0.4, 0.5) is 5.69 Å². The third-order valence-corrected chi connectivity index (χ3v) is 4.71. The zero-order valence-corrected chi connectivity index (χ0v) is 15.9. The molecular weight excluding hydrogens is 359 g/mol. The lowest BCUT2D eigenvalue weighted by molar-refractivity contribution is 0.355. The first-order valence-corrected chi connectivity index (χ1v) is 8.77. The fourth-order valence-electron chi connectivity index (χ4n) is 2.99. The average molecular weight is 379 g/mol. The highest BCUT2D eigenvalue weighted by Crippen LogP contribution is 2.32. The Morgan fingerprint density at radius 3 is 2.56 bits per heavy atom. The van der Waals surface area contributed by atoms with Gasteiger partial charge in [-0.15, -0.1) is 11.6 Å². The summed E-state index contributed by atoms with van der Waals surface area (Å²) in [4.78, 5) is 6.92. The van der Waals surface area contributed by atoms with Crippen molar-refractivity contribution in [2.45, 2.75) is 5.38 Å². The number of aliphatic imine (C=N–C) groups is 1. The van der Waals surface area contributed by atoms with Crippen LogP contribution >= 0.6 is 23.2 Å². The second-order valence-electron chi connectivity index (χ2n) is 5.90. The fourth-order valence-corrected chi connectivity index (χ4v) is 3.44. The van der Waals surface area contributed by atoms with Crippen molar-refractivity contribution in [2.24, 2.45) is 4.99 Å². The maximum atomic E-state index is 6.43. The Morgan fingerprint density at radius 2 is 1.84 bits per heavy atom. The summed E-state index contributed by atoms with van der Waals surface area (Å²) in [6.07, 6.45) is 0. The molecule has 0 aromatic heterocycles. The predicted molar refractivity (Wildman–Crippen MR) is 104 cm³/mol. The first-order chi connectivity index (χ1) is 12.0. The van der Waals surface area contributed by atoms with Crippen molar-refractivity contribution in [3.05, 3.63) is 52.5 Å². The molecule has 1 heterocycles. The van der Waals surface area contributed by atoms with Gasteiger partial charge in [0.1, 0.15) is 0 Å². The molecule has 0 amide bonds. The standard InChI is InChI=1S/C19H20Cl2N2O2/c1-23-11-14(21)10-22-19(15-9-13(20)5-6-16(15)23)12-4-7-17(24-2)18(8-12)25-3/h4-9,14H,10-11H2,1-3H3. The lowest BCUT2D eigenvalue weighted by Crippen LogP contribution is -2.31. The lowest BCUT2D eigenvalue weighted by atomic mass is 9.98. The Balaban J connectivity index is 2.18. The van der Waals surface area contributed by atoms with E-state index in [1.165, 1.54) is 0 Å². The summed E-state index contributed by atoms with van der Waals surface area (Å²) in [6.45, 7) is 1.25. The van der Waals surface area contributed by atoms with Gasteiger partial charge >= 0.3 is 0 Å². The van der Waals surface area contributed by atoms with Crippen molar-refractivity contribution in [1.29, 1.82) is 0 Å². The van der Waals surface area contributed by atoms with Crippen molar-refractivity contribution in [2.75, 3.05) is 39.3 Å². The van der Waals surface area contributed by atoms with Gasteiger partial charge in [0.15, 0.2) is 11.5 Å². The molecule has 1 unspecified atom stereocenters. The second kappa shape index (κ2) is 7.54. The third-order valence-electron chi connectivity index (χ3n) is 4.20. The molecule has 0 radical (unpaired) electrons. The number of anilines is 1. The number of alkyl halides is 1. The number of halogens is 2. The topological polar surface area (TPSA) is 34.1 Å². The molecule has 6 heteroatoms. The minimum absolute atomic E-state index is 0.0658. The average Bonchev–Trinajstić information content (AvgIpc) is 2.60. The molecule has 132 valence electrons. The Morgan fingerprint density at radius 1 is 1.08 bits per heavy atom. The van der Waals surface area contributed by atoms with Crippen molar-refractivity contribution < 1.29 is 9.47 Å². The molecule has 1 aliphatic rings. The van der Waals surface area contributed by atoms with Crippen LogP contribution in [0, 0.1) is 0 Å². The molecular formula is C19H20Cl2N2O2. The molecule has 1 atom stereocenters. The first-order valence-electron chi connectivity index (χ1n) is 7.95. The minimum Gasteiger partial charge on any atom is -0.493 e. The Bertz CT molecular complexity index is 808. The highest BCUT2D eigenvalue weighted by Gasteiger charge is 2.21. The van der Waals surface area contributed by atoms with Gasteiger partial charge in [-0.2, -0.15) is 0 Å². The van der Waals surface area contributed by atoms with Gasteiger partial charge in [0.05, 0.1) is 31.9 Å². The van der Waals surface area contributed by atoms with Crippen LogP contribution in [-0.4, -0.2) is 45.4 Å². The zero-order chi connectivity index (χ0) is 18.0. The van der Waals surface area contributed by atoms with E-state index in [-0.39, 0.29) is 5.38 Å². The normalized spacial score (nSPS) is 17.2. The Hall–Kier alpha value is -1.91. The molecule has 3 rings (SSSR count). The zero-order valence-electron chi connectivity index (χ0n) is 14.4. The van der Waals surface area contributed by atoms with E-state index in [9.17, 15) is 0 Å². The molecule has 0 spiro atoms. The van der Waals surface area contributed by atoms with E-state index in [0.29, 0.717) is 23.1 Å². The van der Waals surface area contributed by atoms with Crippen LogP contribution in [0.5, 0.6) is 11.5 Å². The molecule has 2 aromatic carbocycles. The molecule has 1 aliphatic heterocycles. The summed E-state index contributed by atoms with van der Waals surface area (Å²) >= 11 is 12.7. The number of methoxy groups -OCH3 is 2. The summed E-state index contributed by atoms with van der Waals surface area (Å²) in [5, 5.41) is 0.604. The number of nitrogens with zero attached hydrogens (tertiary/aromatic N) is 2. The summed E-state index contributed by atoms with van der Waals surface area (Å²) in [5.41, 5.74) is 3.80. The van der Waals surface area contributed by atoms with Crippen LogP contribution in [0.1, 0.15) is 11.1 Å². The Labute approximate surface area is 158 Å². The van der Waals surface area contributed by atoms with Crippen LogP contribution in [-0.2, 0) is 0 Å². The number of rotatable bonds is 3. The largest absolute Gasteiger partial charge is 0.493 e. The second-order valence-corrected chi connectivity index (χ2v) is 6.95. The highest BCUT2D eigenvalue weighted by atomic mass is 35.5. The molecule has 4 nitrogen and oxygen atoms in total. The molecule has 25 heavy (non-hydrogen) atoms. The van der Waals surface area contributed by atoms with E-state index >= 15 is 0 Å². The fraction of sp³-hybridized carbons (Fsp3) is 0.316. The third kappa shape index (κ3) is 3.70. The SMILES string of the molecule is COc1ccc(C2=NCC(Cl)CN(C)c3ccc(Cl)cc32)cc1OC.